The largest absolute Gasteiger partial charge is 0.309 e. The van der Waals surface area contributed by atoms with Crippen LogP contribution in [0.3, 0.4) is 0 Å². The highest BCUT2D eigenvalue weighted by Gasteiger charge is 2.17. The van der Waals surface area contributed by atoms with Gasteiger partial charge in [-0.25, -0.2) is 0 Å². The Kier molecular flexibility index (Phi) is 4.41. The van der Waals surface area contributed by atoms with Gasteiger partial charge in [0.05, 0.1) is 6.04 Å². The molecule has 1 N–H and O–H groups in total. The van der Waals surface area contributed by atoms with Gasteiger partial charge in [-0.05, 0) is 83.6 Å². The summed E-state index contributed by atoms with van der Waals surface area (Å²) in [5.74, 6) is 0. The van der Waals surface area contributed by atoms with Gasteiger partial charge < -0.3 is 5.32 Å². The van der Waals surface area contributed by atoms with E-state index in [1.807, 2.05) is 7.05 Å². The van der Waals surface area contributed by atoms with Crippen LogP contribution in [0.2, 0.25) is 0 Å². The fourth-order valence-corrected chi connectivity index (χ4v) is 3.84. The second-order valence-corrected chi connectivity index (χ2v) is 6.64. The van der Waals surface area contributed by atoms with Crippen LogP contribution in [0, 0.1) is 3.57 Å². The van der Waals surface area contributed by atoms with E-state index in [1.165, 1.54) is 40.4 Å². The Morgan fingerprint density at radius 1 is 1.00 bits per heavy atom. The quantitative estimate of drug-likeness (QED) is 0.778. The fourth-order valence-electron chi connectivity index (χ4n) is 3.14. The molecule has 1 aliphatic rings. The van der Waals surface area contributed by atoms with Crippen LogP contribution in [0.5, 0.6) is 0 Å². The number of fused-ring (bicyclic) bond motifs is 1. The zero-order chi connectivity index (χ0) is 13.9. The van der Waals surface area contributed by atoms with E-state index >= 15 is 0 Å². The molecule has 104 valence electrons. The van der Waals surface area contributed by atoms with Gasteiger partial charge in [-0.1, -0.05) is 36.4 Å². The number of nitrogens with one attached hydrogen (secondary N) is 1. The number of halogens is 1. The van der Waals surface area contributed by atoms with Crippen molar-refractivity contribution in [2.45, 2.75) is 31.7 Å². The predicted octanol–water partition coefficient (Wildman–Crippen LogP) is 4.48. The van der Waals surface area contributed by atoms with Crippen LogP contribution in [0.4, 0.5) is 0 Å². The summed E-state index contributed by atoms with van der Waals surface area (Å²) in [4.78, 5) is 0. The molecule has 0 spiro atoms. The van der Waals surface area contributed by atoms with Crippen molar-refractivity contribution in [2.24, 2.45) is 0 Å². The molecule has 20 heavy (non-hydrogen) atoms. The van der Waals surface area contributed by atoms with Gasteiger partial charge in [0.25, 0.3) is 0 Å². The molecule has 2 aromatic carbocycles. The summed E-state index contributed by atoms with van der Waals surface area (Å²) in [6.07, 6.45) is 5.18. The molecule has 2 aromatic rings. The van der Waals surface area contributed by atoms with Crippen molar-refractivity contribution in [3.63, 3.8) is 0 Å². The van der Waals surface area contributed by atoms with Crippen LogP contribution in [0.1, 0.15) is 41.1 Å². The Morgan fingerprint density at radius 3 is 2.50 bits per heavy atom. The van der Waals surface area contributed by atoms with Gasteiger partial charge >= 0.3 is 0 Å². The van der Waals surface area contributed by atoms with Crippen LogP contribution in [-0.4, -0.2) is 7.05 Å². The summed E-state index contributed by atoms with van der Waals surface area (Å²) in [6.45, 7) is 0. The summed E-state index contributed by atoms with van der Waals surface area (Å²) in [5.41, 5.74) is 5.86. The zero-order valence-corrected chi connectivity index (χ0v) is 14.0. The molecule has 0 amide bonds. The van der Waals surface area contributed by atoms with Gasteiger partial charge in [0.1, 0.15) is 0 Å². The van der Waals surface area contributed by atoms with Crippen molar-refractivity contribution in [2.75, 3.05) is 7.05 Å². The Bertz CT molecular complexity index is 606. The maximum atomic E-state index is 3.48. The Morgan fingerprint density at radius 2 is 1.75 bits per heavy atom. The van der Waals surface area contributed by atoms with E-state index in [9.17, 15) is 0 Å². The molecule has 0 bridgehead atoms. The first-order valence-electron chi connectivity index (χ1n) is 7.33. The van der Waals surface area contributed by atoms with Gasteiger partial charge in [-0.2, -0.15) is 0 Å². The van der Waals surface area contributed by atoms with Crippen LogP contribution >= 0.6 is 22.6 Å². The van der Waals surface area contributed by atoms with Gasteiger partial charge in [-0.15, -0.1) is 0 Å². The zero-order valence-electron chi connectivity index (χ0n) is 11.8. The minimum atomic E-state index is 0.287. The van der Waals surface area contributed by atoms with Crippen molar-refractivity contribution in [1.29, 1.82) is 0 Å². The lowest BCUT2D eigenvalue weighted by Gasteiger charge is -2.22. The fraction of sp³-hybridized carbons (Fsp3) is 0.333. The van der Waals surface area contributed by atoms with Crippen molar-refractivity contribution in [3.05, 3.63) is 68.3 Å². The van der Waals surface area contributed by atoms with Crippen molar-refractivity contribution in [1.82, 2.24) is 5.32 Å². The van der Waals surface area contributed by atoms with Crippen LogP contribution in [0.25, 0.3) is 0 Å². The first kappa shape index (κ1) is 14.1. The molecule has 3 rings (SSSR count). The highest BCUT2D eigenvalue weighted by Crippen LogP contribution is 2.29. The van der Waals surface area contributed by atoms with E-state index in [0.29, 0.717) is 0 Å². The van der Waals surface area contributed by atoms with Crippen LogP contribution in [-0.2, 0) is 12.8 Å². The first-order valence-corrected chi connectivity index (χ1v) is 8.41. The standard InChI is InChI=1S/C18H20IN/c1-20-18(16-8-4-5-9-17(16)19)15-11-10-13-6-2-3-7-14(13)12-15/h4-5,8-12,18,20H,2-3,6-7H2,1H3. The van der Waals surface area contributed by atoms with E-state index in [-0.39, 0.29) is 6.04 Å². The molecule has 0 saturated carbocycles. The third kappa shape index (κ3) is 2.77. The first-order chi connectivity index (χ1) is 9.79. The summed E-state index contributed by atoms with van der Waals surface area (Å²) < 4.78 is 1.32. The Balaban J connectivity index is 1.99. The molecule has 0 aromatic heterocycles. The summed E-state index contributed by atoms with van der Waals surface area (Å²) in [7, 11) is 2.05. The van der Waals surface area contributed by atoms with Gasteiger partial charge in [0.2, 0.25) is 0 Å². The maximum Gasteiger partial charge on any atom is 0.0584 e. The van der Waals surface area contributed by atoms with E-state index in [1.54, 1.807) is 11.1 Å². The lowest BCUT2D eigenvalue weighted by atomic mass is 9.88. The third-order valence-corrected chi connectivity index (χ3v) is 5.19. The SMILES string of the molecule is CNC(c1ccc2c(c1)CCCC2)c1ccccc1I. The molecular weight excluding hydrogens is 357 g/mol. The molecule has 0 saturated heterocycles. The molecular formula is C18H20IN. The molecule has 1 unspecified atom stereocenters. The molecule has 0 fully saturated rings. The average molecular weight is 377 g/mol. The minimum absolute atomic E-state index is 0.287. The van der Waals surface area contributed by atoms with E-state index in [0.717, 1.165) is 0 Å². The molecule has 2 heteroatoms. The van der Waals surface area contributed by atoms with E-state index in [2.05, 4.69) is 70.4 Å². The summed E-state index contributed by atoms with van der Waals surface area (Å²) >= 11 is 2.43. The minimum Gasteiger partial charge on any atom is -0.309 e. The Labute approximate surface area is 134 Å². The summed E-state index contributed by atoms with van der Waals surface area (Å²) in [6, 6.07) is 16.0. The number of hydrogen-bond donors (Lipinski definition) is 1. The molecule has 1 atom stereocenters. The highest BCUT2D eigenvalue weighted by atomic mass is 127. The number of rotatable bonds is 3. The van der Waals surface area contributed by atoms with Crippen LogP contribution < -0.4 is 5.32 Å². The normalized spacial score (nSPS) is 15.7. The highest BCUT2D eigenvalue weighted by molar-refractivity contribution is 14.1. The van der Waals surface area contributed by atoms with E-state index in [4.69, 9.17) is 0 Å². The third-order valence-electron chi connectivity index (χ3n) is 4.21. The van der Waals surface area contributed by atoms with E-state index < -0.39 is 0 Å². The topological polar surface area (TPSA) is 12.0 Å². The number of benzene rings is 2. The van der Waals surface area contributed by atoms with Crippen molar-refractivity contribution < 1.29 is 0 Å². The maximum absolute atomic E-state index is 3.48. The molecule has 0 heterocycles. The molecule has 1 aliphatic carbocycles. The molecule has 0 radical (unpaired) electrons. The Hall–Kier alpha value is -0.870. The lowest BCUT2D eigenvalue weighted by Crippen LogP contribution is -2.19. The molecule has 0 aliphatic heterocycles. The predicted molar refractivity (Wildman–Crippen MR) is 93.1 cm³/mol. The molecule has 1 nitrogen and oxygen atoms in total. The van der Waals surface area contributed by atoms with Gasteiger partial charge in [0.15, 0.2) is 0 Å². The smallest absolute Gasteiger partial charge is 0.0584 e. The lowest BCUT2D eigenvalue weighted by molar-refractivity contribution is 0.666. The monoisotopic (exact) mass is 377 g/mol. The van der Waals surface area contributed by atoms with Crippen molar-refractivity contribution >= 4 is 22.6 Å². The van der Waals surface area contributed by atoms with Crippen molar-refractivity contribution in [3.8, 4) is 0 Å². The van der Waals surface area contributed by atoms with Crippen LogP contribution in [0.15, 0.2) is 42.5 Å². The average Bonchev–Trinajstić information content (AvgIpc) is 2.50. The number of hydrogen-bond acceptors (Lipinski definition) is 1. The van der Waals surface area contributed by atoms with Gasteiger partial charge in [0, 0.05) is 3.57 Å². The second-order valence-electron chi connectivity index (χ2n) is 5.48. The second kappa shape index (κ2) is 6.27. The number of aryl methyl sites for hydroxylation is 2. The van der Waals surface area contributed by atoms with Gasteiger partial charge in [-0.3, -0.25) is 0 Å². The summed E-state index contributed by atoms with van der Waals surface area (Å²) in [5, 5.41) is 3.48.